The third kappa shape index (κ3) is 3.73. The normalized spacial score (nSPS) is 17.7. The molecule has 1 aliphatic heterocycles. The predicted molar refractivity (Wildman–Crippen MR) is 103 cm³/mol. The van der Waals surface area contributed by atoms with Crippen LogP contribution in [0.4, 0.5) is 0 Å². The van der Waals surface area contributed by atoms with E-state index in [9.17, 15) is 0 Å². The highest BCUT2D eigenvalue weighted by Gasteiger charge is 2.26. The van der Waals surface area contributed by atoms with Gasteiger partial charge in [-0.2, -0.15) is 4.98 Å². The van der Waals surface area contributed by atoms with E-state index in [-0.39, 0.29) is 18.4 Å². The molecule has 0 radical (unpaired) electrons. The molecule has 0 bridgehead atoms. The van der Waals surface area contributed by atoms with Gasteiger partial charge in [0, 0.05) is 25.2 Å². The molecule has 9 heteroatoms. The highest BCUT2D eigenvalue weighted by molar-refractivity contribution is 7.18. The molecular formula is C17H20ClN5O2S. The topological polar surface area (TPSA) is 76.3 Å². The Hall–Kier alpha value is -2.00. The summed E-state index contributed by atoms with van der Waals surface area (Å²) in [7, 11) is 3.74. The molecule has 0 spiro atoms. The summed E-state index contributed by atoms with van der Waals surface area (Å²) in [5.41, 5.74) is 1.04. The minimum absolute atomic E-state index is 0. The highest BCUT2D eigenvalue weighted by atomic mass is 35.5. The van der Waals surface area contributed by atoms with Gasteiger partial charge in [0.05, 0.1) is 19.3 Å². The lowest BCUT2D eigenvalue weighted by atomic mass is 10.2. The van der Waals surface area contributed by atoms with Crippen LogP contribution in [0.5, 0.6) is 5.75 Å². The molecule has 0 aliphatic carbocycles. The second-order valence-corrected chi connectivity index (χ2v) is 6.95. The molecule has 3 aromatic rings. The first-order chi connectivity index (χ1) is 12.2. The number of benzene rings is 1. The maximum absolute atomic E-state index is 5.47. The molecule has 1 fully saturated rings. The second kappa shape index (κ2) is 8.13. The van der Waals surface area contributed by atoms with Crippen molar-refractivity contribution in [2.45, 2.75) is 6.04 Å². The van der Waals surface area contributed by atoms with Gasteiger partial charge in [0.1, 0.15) is 15.6 Å². The van der Waals surface area contributed by atoms with Crippen molar-refractivity contribution in [3.8, 4) is 27.1 Å². The number of halogens is 1. The van der Waals surface area contributed by atoms with Crippen LogP contribution >= 0.6 is 23.7 Å². The number of methoxy groups -OCH3 is 1. The number of piperazine rings is 1. The SMILES string of the molecule is COc1ccc(-c2ncc(-c3nc(C4CNCCN4C)no3)s2)cc1.Cl. The van der Waals surface area contributed by atoms with E-state index >= 15 is 0 Å². The first-order valence-electron chi connectivity index (χ1n) is 8.10. The van der Waals surface area contributed by atoms with Crippen molar-refractivity contribution in [1.82, 2.24) is 25.3 Å². The molecular weight excluding hydrogens is 374 g/mol. The Morgan fingerprint density at radius 1 is 1.31 bits per heavy atom. The number of likely N-dealkylation sites (N-methyl/N-ethyl adjacent to an activating group) is 1. The van der Waals surface area contributed by atoms with Crippen molar-refractivity contribution in [3.63, 3.8) is 0 Å². The van der Waals surface area contributed by atoms with Crippen molar-refractivity contribution in [2.75, 3.05) is 33.8 Å². The van der Waals surface area contributed by atoms with Gasteiger partial charge in [0.2, 0.25) is 0 Å². The summed E-state index contributed by atoms with van der Waals surface area (Å²) in [5, 5.41) is 8.44. The van der Waals surface area contributed by atoms with Gasteiger partial charge >= 0.3 is 0 Å². The fraction of sp³-hybridized carbons (Fsp3) is 0.353. The zero-order valence-electron chi connectivity index (χ0n) is 14.5. The molecule has 1 N–H and O–H groups in total. The predicted octanol–water partition coefficient (Wildman–Crippen LogP) is 2.87. The maximum Gasteiger partial charge on any atom is 0.269 e. The fourth-order valence-electron chi connectivity index (χ4n) is 2.80. The Kier molecular flexibility index (Phi) is 5.87. The third-order valence-corrected chi connectivity index (χ3v) is 5.34. The first-order valence-corrected chi connectivity index (χ1v) is 8.91. The zero-order valence-corrected chi connectivity index (χ0v) is 16.1. The summed E-state index contributed by atoms with van der Waals surface area (Å²) in [6.45, 7) is 2.78. The molecule has 1 aliphatic rings. The Bertz CT molecular complexity index is 851. The first kappa shape index (κ1) is 18.8. The molecule has 1 aromatic carbocycles. The maximum atomic E-state index is 5.47. The van der Waals surface area contributed by atoms with Gasteiger partial charge in [-0.1, -0.05) is 5.16 Å². The molecule has 2 aromatic heterocycles. The van der Waals surface area contributed by atoms with E-state index in [4.69, 9.17) is 9.26 Å². The van der Waals surface area contributed by atoms with Gasteiger partial charge in [-0.15, -0.1) is 23.7 Å². The van der Waals surface area contributed by atoms with Crippen molar-refractivity contribution in [2.24, 2.45) is 0 Å². The summed E-state index contributed by atoms with van der Waals surface area (Å²) in [6.07, 6.45) is 1.78. The molecule has 1 saturated heterocycles. The smallest absolute Gasteiger partial charge is 0.269 e. The molecule has 7 nitrogen and oxygen atoms in total. The lowest BCUT2D eigenvalue weighted by molar-refractivity contribution is 0.190. The summed E-state index contributed by atoms with van der Waals surface area (Å²) in [5.74, 6) is 2.06. The van der Waals surface area contributed by atoms with E-state index in [1.807, 2.05) is 24.3 Å². The zero-order chi connectivity index (χ0) is 17.2. The lowest BCUT2D eigenvalue weighted by Crippen LogP contribution is -2.44. The Morgan fingerprint density at radius 2 is 2.12 bits per heavy atom. The van der Waals surface area contributed by atoms with Crippen LogP contribution in [-0.4, -0.2) is 53.8 Å². The molecule has 138 valence electrons. The number of hydrogen-bond acceptors (Lipinski definition) is 8. The van der Waals surface area contributed by atoms with Crippen LogP contribution in [0.3, 0.4) is 0 Å². The lowest BCUT2D eigenvalue weighted by Gasteiger charge is -2.30. The van der Waals surface area contributed by atoms with Gasteiger partial charge in [-0.05, 0) is 31.3 Å². The Balaban J connectivity index is 0.00000196. The van der Waals surface area contributed by atoms with E-state index in [2.05, 4.69) is 32.4 Å². The van der Waals surface area contributed by atoms with Crippen molar-refractivity contribution >= 4 is 23.7 Å². The molecule has 0 saturated carbocycles. The number of hydrogen-bond donors (Lipinski definition) is 1. The van der Waals surface area contributed by atoms with E-state index in [1.54, 1.807) is 13.3 Å². The summed E-state index contributed by atoms with van der Waals surface area (Å²) in [4.78, 5) is 12.2. The summed E-state index contributed by atoms with van der Waals surface area (Å²) in [6, 6.07) is 7.97. The minimum Gasteiger partial charge on any atom is -0.497 e. The van der Waals surface area contributed by atoms with E-state index < -0.39 is 0 Å². The summed E-state index contributed by atoms with van der Waals surface area (Å²) >= 11 is 1.54. The van der Waals surface area contributed by atoms with Crippen LogP contribution in [0, 0.1) is 0 Å². The second-order valence-electron chi connectivity index (χ2n) is 5.92. The molecule has 26 heavy (non-hydrogen) atoms. The largest absolute Gasteiger partial charge is 0.497 e. The monoisotopic (exact) mass is 393 g/mol. The van der Waals surface area contributed by atoms with Gasteiger partial charge in [-0.25, -0.2) is 4.98 Å². The molecule has 4 rings (SSSR count). The van der Waals surface area contributed by atoms with Crippen molar-refractivity contribution in [3.05, 3.63) is 36.3 Å². The van der Waals surface area contributed by atoms with Crippen molar-refractivity contribution in [1.29, 1.82) is 0 Å². The summed E-state index contributed by atoms with van der Waals surface area (Å²) < 4.78 is 10.7. The number of thiazole rings is 1. The fourth-order valence-corrected chi connectivity index (χ4v) is 3.65. The van der Waals surface area contributed by atoms with Crippen LogP contribution in [0.15, 0.2) is 35.0 Å². The minimum atomic E-state index is 0. The number of nitrogens with one attached hydrogen (secondary N) is 1. The average Bonchev–Trinajstić information content (AvgIpc) is 3.32. The number of rotatable bonds is 4. The Labute approximate surface area is 161 Å². The molecule has 1 atom stereocenters. The van der Waals surface area contributed by atoms with Crippen LogP contribution in [0.1, 0.15) is 11.9 Å². The number of nitrogens with zero attached hydrogens (tertiary/aromatic N) is 4. The molecule has 3 heterocycles. The van der Waals surface area contributed by atoms with Crippen LogP contribution in [0.2, 0.25) is 0 Å². The number of ether oxygens (including phenoxy) is 1. The van der Waals surface area contributed by atoms with E-state index in [1.165, 1.54) is 11.3 Å². The van der Waals surface area contributed by atoms with Crippen LogP contribution < -0.4 is 10.1 Å². The van der Waals surface area contributed by atoms with Gasteiger partial charge in [0.25, 0.3) is 5.89 Å². The van der Waals surface area contributed by atoms with Crippen LogP contribution in [-0.2, 0) is 0 Å². The van der Waals surface area contributed by atoms with Crippen LogP contribution in [0.25, 0.3) is 21.3 Å². The quantitative estimate of drug-likeness (QED) is 0.730. The molecule has 1 unspecified atom stereocenters. The van der Waals surface area contributed by atoms with Gasteiger partial charge in [-0.3, -0.25) is 4.90 Å². The standard InChI is InChI=1S/C17H19N5O2S.ClH/c1-22-8-7-18-9-13(22)15-20-16(24-21-15)14-10-19-17(25-14)11-3-5-12(23-2)6-4-11;/h3-6,10,13,18H,7-9H2,1-2H3;1H. The Morgan fingerprint density at radius 3 is 2.85 bits per heavy atom. The number of aromatic nitrogens is 3. The van der Waals surface area contributed by atoms with Gasteiger partial charge in [0.15, 0.2) is 5.82 Å². The molecule has 0 amide bonds. The average molecular weight is 394 g/mol. The van der Waals surface area contributed by atoms with Crippen molar-refractivity contribution < 1.29 is 9.26 Å². The third-order valence-electron chi connectivity index (χ3n) is 4.30. The van der Waals surface area contributed by atoms with E-state index in [0.717, 1.165) is 40.8 Å². The van der Waals surface area contributed by atoms with E-state index in [0.29, 0.717) is 11.7 Å². The van der Waals surface area contributed by atoms with Gasteiger partial charge < -0.3 is 14.6 Å². The highest BCUT2D eigenvalue weighted by Crippen LogP contribution is 2.32.